The van der Waals surface area contributed by atoms with E-state index >= 15 is 0 Å². The van der Waals surface area contributed by atoms with Gasteiger partial charge >= 0.3 is 6.18 Å². The number of carbonyl (C=O) groups is 1. The highest BCUT2D eigenvalue weighted by Crippen LogP contribution is 2.33. The highest BCUT2D eigenvalue weighted by atomic mass is 35.5. The Morgan fingerprint density at radius 2 is 2.10 bits per heavy atom. The summed E-state index contributed by atoms with van der Waals surface area (Å²) in [5.74, 6) is -0.474. The lowest BCUT2D eigenvalue weighted by molar-refractivity contribution is -0.137. The van der Waals surface area contributed by atoms with Crippen molar-refractivity contribution in [3.05, 3.63) is 40.5 Å². The number of amides is 1. The second-order valence-electron chi connectivity index (χ2n) is 4.21. The van der Waals surface area contributed by atoms with E-state index in [1.165, 1.54) is 10.9 Å². The lowest BCUT2D eigenvalue weighted by Crippen LogP contribution is -2.14. The molecule has 0 saturated heterocycles. The van der Waals surface area contributed by atoms with Crippen LogP contribution in [-0.2, 0) is 13.2 Å². The quantitative estimate of drug-likeness (QED) is 0.894. The summed E-state index contributed by atoms with van der Waals surface area (Å²) in [6.07, 6.45) is -3.25. The lowest BCUT2D eigenvalue weighted by Gasteiger charge is -2.10. The van der Waals surface area contributed by atoms with Gasteiger partial charge in [0.2, 0.25) is 0 Å². The molecule has 21 heavy (non-hydrogen) atoms. The molecular weight excluding hydrogens is 309 g/mol. The minimum Gasteiger partial charge on any atom is -0.383 e. The number of benzene rings is 1. The zero-order valence-corrected chi connectivity index (χ0v) is 11.5. The number of aromatic nitrogens is 2. The Morgan fingerprint density at radius 3 is 2.57 bits per heavy atom. The number of nitrogens with one attached hydrogen (secondary N) is 1. The number of alkyl halides is 3. The molecule has 112 valence electrons. The summed E-state index contributed by atoms with van der Waals surface area (Å²) in [4.78, 5) is 12.0. The Labute approximate surface area is 122 Å². The average Bonchev–Trinajstić information content (AvgIpc) is 2.71. The van der Waals surface area contributed by atoms with Gasteiger partial charge in [-0.05, 0) is 18.2 Å². The van der Waals surface area contributed by atoms with E-state index < -0.39 is 17.6 Å². The highest BCUT2D eigenvalue weighted by molar-refractivity contribution is 6.34. The molecule has 0 aliphatic carbocycles. The number of hydrogen-bond acceptors (Lipinski definition) is 3. The van der Waals surface area contributed by atoms with Crippen LogP contribution < -0.4 is 11.1 Å². The first kappa shape index (κ1) is 15.2. The third kappa shape index (κ3) is 3.10. The van der Waals surface area contributed by atoms with Gasteiger partial charge in [0.25, 0.3) is 5.91 Å². The third-order valence-corrected chi connectivity index (χ3v) is 3.09. The van der Waals surface area contributed by atoms with Crippen LogP contribution in [0.25, 0.3) is 0 Å². The molecule has 0 spiro atoms. The van der Waals surface area contributed by atoms with Crippen molar-refractivity contribution >= 4 is 29.0 Å². The minimum atomic E-state index is -4.50. The van der Waals surface area contributed by atoms with Crippen molar-refractivity contribution < 1.29 is 18.0 Å². The Morgan fingerprint density at radius 1 is 1.43 bits per heavy atom. The molecule has 0 aliphatic rings. The number of rotatable bonds is 2. The Hall–Kier alpha value is -2.22. The molecule has 0 aliphatic heterocycles. The number of nitrogen functional groups attached to an aromatic ring is 1. The predicted octanol–water partition coefficient (Wildman–Crippen LogP) is 2.93. The van der Waals surface area contributed by atoms with E-state index in [9.17, 15) is 18.0 Å². The Bertz CT molecular complexity index is 696. The summed E-state index contributed by atoms with van der Waals surface area (Å²) in [6, 6.07) is 2.65. The van der Waals surface area contributed by atoms with Gasteiger partial charge in [0.1, 0.15) is 11.4 Å². The van der Waals surface area contributed by atoms with Gasteiger partial charge < -0.3 is 11.1 Å². The molecule has 2 aromatic rings. The van der Waals surface area contributed by atoms with E-state index in [0.29, 0.717) is 0 Å². The van der Waals surface area contributed by atoms with E-state index in [1.807, 2.05) is 0 Å². The number of halogens is 4. The zero-order chi connectivity index (χ0) is 15.8. The molecule has 0 radical (unpaired) electrons. The lowest BCUT2D eigenvalue weighted by atomic mass is 10.2. The Balaban J connectivity index is 2.24. The fourth-order valence-electron chi connectivity index (χ4n) is 1.60. The Kier molecular flexibility index (Phi) is 3.82. The van der Waals surface area contributed by atoms with Gasteiger partial charge in [-0.3, -0.25) is 9.48 Å². The first-order valence-electron chi connectivity index (χ1n) is 5.65. The second-order valence-corrected chi connectivity index (χ2v) is 4.62. The van der Waals surface area contributed by atoms with Crippen LogP contribution >= 0.6 is 11.6 Å². The van der Waals surface area contributed by atoms with Gasteiger partial charge in [0, 0.05) is 7.05 Å². The highest BCUT2D eigenvalue weighted by Gasteiger charge is 2.31. The molecular formula is C12H10ClF3N4O. The van der Waals surface area contributed by atoms with Crippen LogP contribution in [0.1, 0.15) is 15.9 Å². The molecule has 3 N–H and O–H groups in total. The monoisotopic (exact) mass is 318 g/mol. The predicted molar refractivity (Wildman–Crippen MR) is 72.0 cm³/mol. The van der Waals surface area contributed by atoms with E-state index in [4.69, 9.17) is 17.3 Å². The maximum atomic E-state index is 12.5. The summed E-state index contributed by atoms with van der Waals surface area (Å²) >= 11 is 5.75. The molecule has 0 bridgehead atoms. The number of anilines is 2. The minimum absolute atomic E-state index is 0.0536. The van der Waals surface area contributed by atoms with Crippen LogP contribution in [0, 0.1) is 0 Å². The molecule has 5 nitrogen and oxygen atoms in total. The van der Waals surface area contributed by atoms with Crippen LogP contribution in [0.2, 0.25) is 5.02 Å². The molecule has 0 saturated carbocycles. The molecule has 1 amide bonds. The fourth-order valence-corrected chi connectivity index (χ4v) is 1.83. The smallest absolute Gasteiger partial charge is 0.383 e. The van der Waals surface area contributed by atoms with Crippen LogP contribution in [0.15, 0.2) is 24.4 Å². The number of carbonyl (C=O) groups excluding carboxylic acids is 1. The summed E-state index contributed by atoms with van der Waals surface area (Å²) in [6.45, 7) is 0. The molecule has 0 unspecified atom stereocenters. The summed E-state index contributed by atoms with van der Waals surface area (Å²) in [5.41, 5.74) is 4.90. The van der Waals surface area contributed by atoms with Gasteiger partial charge in [-0.15, -0.1) is 0 Å². The number of aryl methyl sites for hydroxylation is 1. The van der Waals surface area contributed by atoms with Gasteiger partial charge in [0.15, 0.2) is 0 Å². The largest absolute Gasteiger partial charge is 0.416 e. The van der Waals surface area contributed by atoms with Gasteiger partial charge in [-0.1, -0.05) is 11.6 Å². The second kappa shape index (κ2) is 5.28. The molecule has 1 aromatic carbocycles. The van der Waals surface area contributed by atoms with Crippen LogP contribution in [-0.4, -0.2) is 15.7 Å². The van der Waals surface area contributed by atoms with Crippen molar-refractivity contribution in [3.63, 3.8) is 0 Å². The number of nitrogens with zero attached hydrogens (tertiary/aromatic N) is 2. The molecule has 2 rings (SSSR count). The molecule has 1 heterocycles. The van der Waals surface area contributed by atoms with Crippen molar-refractivity contribution in [1.82, 2.24) is 9.78 Å². The van der Waals surface area contributed by atoms with E-state index in [1.54, 1.807) is 7.05 Å². The molecule has 9 heteroatoms. The summed E-state index contributed by atoms with van der Waals surface area (Å²) in [7, 11) is 1.55. The normalized spacial score (nSPS) is 11.5. The maximum Gasteiger partial charge on any atom is 0.416 e. The van der Waals surface area contributed by atoms with Crippen molar-refractivity contribution in [3.8, 4) is 0 Å². The van der Waals surface area contributed by atoms with E-state index in [0.717, 1.165) is 18.2 Å². The third-order valence-electron chi connectivity index (χ3n) is 2.77. The first-order valence-corrected chi connectivity index (χ1v) is 6.03. The zero-order valence-electron chi connectivity index (χ0n) is 10.7. The fraction of sp³-hybridized carbons (Fsp3) is 0.167. The van der Waals surface area contributed by atoms with Gasteiger partial charge in [-0.2, -0.15) is 18.3 Å². The van der Waals surface area contributed by atoms with Crippen molar-refractivity contribution in [2.75, 3.05) is 11.1 Å². The molecule has 1 aromatic heterocycles. The summed E-state index contributed by atoms with van der Waals surface area (Å²) in [5, 5.41) is 5.96. The molecule has 0 atom stereocenters. The van der Waals surface area contributed by atoms with E-state index in [2.05, 4.69) is 10.4 Å². The van der Waals surface area contributed by atoms with Crippen LogP contribution in [0.3, 0.4) is 0 Å². The van der Waals surface area contributed by atoms with Gasteiger partial charge in [-0.25, -0.2) is 0 Å². The van der Waals surface area contributed by atoms with E-state index in [-0.39, 0.29) is 22.1 Å². The van der Waals surface area contributed by atoms with Gasteiger partial charge in [0.05, 0.1) is 22.5 Å². The standard InChI is InChI=1S/C12H10ClF3N4O/c1-20-10(17)7(5-18-20)11(21)19-9-3-2-6(4-8(9)13)12(14,15)16/h2-5H,17H2,1H3,(H,19,21). The maximum absolute atomic E-state index is 12.5. The van der Waals surface area contributed by atoms with Crippen molar-refractivity contribution in [2.45, 2.75) is 6.18 Å². The number of hydrogen-bond donors (Lipinski definition) is 2. The summed E-state index contributed by atoms with van der Waals surface area (Å²) < 4.78 is 38.8. The van der Waals surface area contributed by atoms with Crippen molar-refractivity contribution in [1.29, 1.82) is 0 Å². The average molecular weight is 319 g/mol. The number of nitrogens with two attached hydrogens (primary N) is 1. The van der Waals surface area contributed by atoms with Crippen LogP contribution in [0.4, 0.5) is 24.7 Å². The van der Waals surface area contributed by atoms with Crippen molar-refractivity contribution in [2.24, 2.45) is 7.05 Å². The first-order chi connectivity index (χ1) is 9.70. The SMILES string of the molecule is Cn1ncc(C(=O)Nc2ccc(C(F)(F)F)cc2Cl)c1N. The molecule has 0 fully saturated rings. The topological polar surface area (TPSA) is 72.9 Å². The van der Waals surface area contributed by atoms with Crippen LogP contribution in [0.5, 0.6) is 0 Å².